The molecule has 3 rings (SSSR count). The Labute approximate surface area is 118 Å². The number of carbonyl (C=O) groups is 2. The van der Waals surface area contributed by atoms with Gasteiger partial charge in [0.15, 0.2) is 0 Å². The summed E-state index contributed by atoms with van der Waals surface area (Å²) in [6, 6.07) is 0.465. The molecule has 2 fully saturated rings. The number of imide groups is 1. The van der Waals surface area contributed by atoms with Crippen LogP contribution in [0.1, 0.15) is 6.42 Å². The van der Waals surface area contributed by atoms with Crippen LogP contribution in [0, 0.1) is 23.7 Å². The van der Waals surface area contributed by atoms with Gasteiger partial charge in [-0.2, -0.15) is 0 Å². The molecule has 6 heteroatoms. The molecular weight excluding hydrogens is 258 g/mol. The highest BCUT2D eigenvalue weighted by molar-refractivity contribution is 6.06. The Morgan fingerprint density at radius 3 is 2.10 bits per heavy atom. The van der Waals surface area contributed by atoms with Crippen LogP contribution in [0.5, 0.6) is 0 Å². The van der Waals surface area contributed by atoms with E-state index in [9.17, 15) is 9.59 Å². The van der Waals surface area contributed by atoms with Gasteiger partial charge < -0.3 is 0 Å². The molecule has 2 bridgehead atoms. The molecule has 0 aromatic rings. The van der Waals surface area contributed by atoms with Crippen molar-refractivity contribution in [2.45, 2.75) is 6.42 Å². The highest BCUT2D eigenvalue weighted by atomic mass is 16.7. The molecule has 108 valence electrons. The number of rotatable bonds is 1. The lowest BCUT2D eigenvalue weighted by atomic mass is 9.85. The molecule has 1 aliphatic heterocycles. The van der Waals surface area contributed by atoms with Crippen molar-refractivity contribution >= 4 is 17.8 Å². The number of amidine groups is 1. The van der Waals surface area contributed by atoms with Crippen molar-refractivity contribution in [1.29, 1.82) is 0 Å². The van der Waals surface area contributed by atoms with Crippen molar-refractivity contribution in [3.05, 3.63) is 12.2 Å². The average Bonchev–Trinajstić information content (AvgIpc) is 3.02. The molecule has 6 nitrogen and oxygen atoms in total. The normalized spacial score (nSPS) is 33.7. The van der Waals surface area contributed by atoms with Crippen molar-refractivity contribution in [1.82, 2.24) is 9.96 Å². The summed E-state index contributed by atoms with van der Waals surface area (Å²) in [6.07, 6.45) is 5.07. The minimum Gasteiger partial charge on any atom is -0.292 e. The quantitative estimate of drug-likeness (QED) is 0.221. The lowest BCUT2D eigenvalue weighted by molar-refractivity contribution is -0.484. The zero-order chi connectivity index (χ0) is 14.6. The first kappa shape index (κ1) is 13.1. The van der Waals surface area contributed by atoms with Crippen molar-refractivity contribution < 1.29 is 19.0 Å². The van der Waals surface area contributed by atoms with Crippen molar-refractivity contribution in [2.24, 2.45) is 23.7 Å². The third-order valence-electron chi connectivity index (χ3n) is 4.37. The van der Waals surface area contributed by atoms with E-state index in [1.165, 1.54) is 0 Å². The van der Waals surface area contributed by atoms with Crippen LogP contribution in [-0.2, 0) is 14.4 Å². The van der Waals surface area contributed by atoms with E-state index in [-0.39, 0.29) is 35.5 Å². The molecular formula is C14H20N3O3+. The van der Waals surface area contributed by atoms with Crippen LogP contribution < -0.4 is 0 Å². The zero-order valence-electron chi connectivity index (χ0n) is 12.2. The maximum Gasteiger partial charge on any atom is 0.470 e. The molecule has 1 heterocycles. The van der Waals surface area contributed by atoms with Gasteiger partial charge in [-0.05, 0) is 18.3 Å². The van der Waals surface area contributed by atoms with Crippen LogP contribution in [0.4, 0.5) is 0 Å². The number of amides is 2. The average molecular weight is 278 g/mol. The molecule has 0 spiro atoms. The number of hydroxylamine groups is 2. The van der Waals surface area contributed by atoms with E-state index < -0.39 is 0 Å². The van der Waals surface area contributed by atoms with Gasteiger partial charge in [0.05, 0.1) is 40.0 Å². The summed E-state index contributed by atoms with van der Waals surface area (Å²) in [5.41, 5.74) is 0. The number of carbonyl (C=O) groups excluding carboxylic acids is 2. The molecule has 0 radical (unpaired) electrons. The van der Waals surface area contributed by atoms with Crippen LogP contribution in [0.15, 0.2) is 12.2 Å². The maximum atomic E-state index is 12.5. The molecule has 2 unspecified atom stereocenters. The number of allylic oxidation sites excluding steroid dienone is 2. The summed E-state index contributed by atoms with van der Waals surface area (Å²) in [5, 5.41) is 0.969. The first-order valence-corrected chi connectivity index (χ1v) is 6.87. The number of fused-ring (bicyclic) bond motifs is 5. The van der Waals surface area contributed by atoms with Crippen LogP contribution in [0.2, 0.25) is 0 Å². The van der Waals surface area contributed by atoms with E-state index in [2.05, 4.69) is 12.2 Å². The van der Waals surface area contributed by atoms with E-state index in [0.717, 1.165) is 11.5 Å². The fourth-order valence-corrected chi connectivity index (χ4v) is 3.61. The zero-order valence-corrected chi connectivity index (χ0v) is 12.2. The SMILES string of the molecule is CN(C)C(ON1C(=O)[C@@H]2C3C=CC(C3)[C@@H]2C1=O)=[N+](C)C. The Bertz CT molecular complexity index is 504. The lowest BCUT2D eigenvalue weighted by Gasteiger charge is -2.18. The molecule has 2 aliphatic carbocycles. The largest absolute Gasteiger partial charge is 0.470 e. The second kappa shape index (κ2) is 4.33. The highest BCUT2D eigenvalue weighted by Crippen LogP contribution is 2.52. The Morgan fingerprint density at radius 1 is 1.20 bits per heavy atom. The first-order chi connectivity index (χ1) is 9.41. The van der Waals surface area contributed by atoms with Gasteiger partial charge in [-0.15, -0.1) is 0 Å². The highest BCUT2D eigenvalue weighted by Gasteiger charge is 2.61. The Morgan fingerprint density at radius 2 is 1.70 bits per heavy atom. The molecule has 4 atom stereocenters. The molecule has 20 heavy (non-hydrogen) atoms. The third-order valence-corrected chi connectivity index (χ3v) is 4.37. The smallest absolute Gasteiger partial charge is 0.292 e. The second-order valence-electron chi connectivity index (χ2n) is 6.13. The minimum atomic E-state index is -0.219. The summed E-state index contributed by atoms with van der Waals surface area (Å²) >= 11 is 0. The summed E-state index contributed by atoms with van der Waals surface area (Å²) in [6.45, 7) is 0. The standard InChI is InChI=1S/C14H20N3O3/c1-15(2)14(16(3)4)20-17-12(18)10-8-5-6-9(7-8)11(10)13(17)19/h5-6,8-11H,7H2,1-4H3/q+1/t8?,9?,10-,11+. The second-order valence-corrected chi connectivity index (χ2v) is 6.13. The third kappa shape index (κ3) is 1.67. The van der Waals surface area contributed by atoms with E-state index in [1.54, 1.807) is 9.48 Å². The number of hydrogen-bond acceptors (Lipinski definition) is 3. The van der Waals surface area contributed by atoms with E-state index >= 15 is 0 Å². The van der Waals surface area contributed by atoms with E-state index in [1.807, 2.05) is 28.2 Å². The minimum absolute atomic E-state index is 0.196. The topological polar surface area (TPSA) is 52.9 Å². The molecule has 3 aliphatic rings. The number of hydrogen-bond donors (Lipinski definition) is 0. The van der Waals surface area contributed by atoms with Gasteiger partial charge >= 0.3 is 6.02 Å². The predicted octanol–water partition coefficient (Wildman–Crippen LogP) is -0.0852. The van der Waals surface area contributed by atoms with E-state index in [4.69, 9.17) is 4.84 Å². The van der Waals surface area contributed by atoms with Crippen LogP contribution in [0.25, 0.3) is 0 Å². The summed E-state index contributed by atoms with van der Waals surface area (Å²) in [4.78, 5) is 32.3. The van der Waals surface area contributed by atoms with Gasteiger partial charge in [-0.3, -0.25) is 14.4 Å². The maximum absolute atomic E-state index is 12.5. The summed E-state index contributed by atoms with van der Waals surface area (Å²) < 4.78 is 1.74. The summed E-state index contributed by atoms with van der Waals surface area (Å²) in [5.74, 6) is -0.420. The fourth-order valence-electron chi connectivity index (χ4n) is 3.61. The molecule has 2 amide bonds. The Balaban J connectivity index is 1.85. The van der Waals surface area contributed by atoms with Gasteiger partial charge in [0.25, 0.3) is 11.8 Å². The molecule has 1 saturated carbocycles. The Kier molecular flexibility index (Phi) is 2.84. The molecule has 0 aromatic heterocycles. The molecule has 0 N–H and O–H groups in total. The van der Waals surface area contributed by atoms with Crippen LogP contribution in [-0.4, -0.2) is 60.6 Å². The van der Waals surface area contributed by atoms with Gasteiger partial charge in [-0.25, -0.2) is 9.48 Å². The van der Waals surface area contributed by atoms with Gasteiger partial charge in [-0.1, -0.05) is 17.2 Å². The van der Waals surface area contributed by atoms with E-state index in [0.29, 0.717) is 6.02 Å². The van der Waals surface area contributed by atoms with Gasteiger partial charge in [0, 0.05) is 0 Å². The first-order valence-electron chi connectivity index (χ1n) is 6.87. The monoisotopic (exact) mass is 278 g/mol. The fraction of sp³-hybridized carbons (Fsp3) is 0.643. The predicted molar refractivity (Wildman–Crippen MR) is 71.5 cm³/mol. The van der Waals surface area contributed by atoms with Gasteiger partial charge in [0.2, 0.25) is 0 Å². The summed E-state index contributed by atoms with van der Waals surface area (Å²) in [7, 11) is 7.25. The van der Waals surface area contributed by atoms with Crippen LogP contribution >= 0.6 is 0 Å². The molecule has 0 aromatic carbocycles. The molecule has 1 saturated heterocycles. The van der Waals surface area contributed by atoms with Crippen molar-refractivity contribution in [3.8, 4) is 0 Å². The van der Waals surface area contributed by atoms with Gasteiger partial charge in [0.1, 0.15) is 0 Å². The van der Waals surface area contributed by atoms with Crippen molar-refractivity contribution in [3.63, 3.8) is 0 Å². The lowest BCUT2D eigenvalue weighted by Crippen LogP contribution is -2.42. The van der Waals surface area contributed by atoms with Crippen LogP contribution in [0.3, 0.4) is 0 Å². The van der Waals surface area contributed by atoms with Crippen molar-refractivity contribution in [2.75, 3.05) is 28.2 Å². The number of nitrogens with zero attached hydrogens (tertiary/aromatic N) is 3. The Hall–Kier alpha value is -1.85.